The minimum atomic E-state index is -0.232. The van der Waals surface area contributed by atoms with Crippen LogP contribution in [0.1, 0.15) is 35.2 Å². The topological polar surface area (TPSA) is 55.8 Å². The Bertz CT molecular complexity index is 713. The number of phenolic OH excluding ortho intramolecular Hbond substituents is 1. The minimum absolute atomic E-state index is 0.0108. The molecule has 124 valence electrons. The van der Waals surface area contributed by atoms with E-state index in [4.69, 9.17) is 9.47 Å². The normalized spacial score (nSPS) is 17.8. The average Bonchev–Trinajstić information content (AvgIpc) is 2.62. The van der Waals surface area contributed by atoms with Gasteiger partial charge in [-0.2, -0.15) is 0 Å². The number of carbonyl (C=O) groups is 1. The Hall–Kier alpha value is -2.59. The fraction of sp³-hybridized carbons (Fsp3) is 0.250. The maximum absolute atomic E-state index is 12.1. The summed E-state index contributed by atoms with van der Waals surface area (Å²) in [5, 5.41) is 9.69. The van der Waals surface area contributed by atoms with Crippen molar-refractivity contribution in [2.24, 2.45) is 0 Å². The van der Waals surface area contributed by atoms with E-state index in [1.54, 1.807) is 24.3 Å². The van der Waals surface area contributed by atoms with Crippen molar-refractivity contribution in [1.82, 2.24) is 0 Å². The maximum Gasteiger partial charge on any atom is 0.199 e. The molecule has 1 unspecified atom stereocenters. The molecule has 24 heavy (non-hydrogen) atoms. The van der Waals surface area contributed by atoms with Gasteiger partial charge in [-0.25, -0.2) is 0 Å². The van der Waals surface area contributed by atoms with Crippen molar-refractivity contribution >= 4 is 11.9 Å². The van der Waals surface area contributed by atoms with Crippen LogP contribution in [0.15, 0.2) is 54.6 Å². The lowest BCUT2D eigenvalue weighted by Gasteiger charge is -2.23. The molecule has 4 nitrogen and oxygen atoms in total. The van der Waals surface area contributed by atoms with Crippen LogP contribution in [0.25, 0.3) is 6.08 Å². The number of phenols is 1. The molecule has 0 bridgehead atoms. The number of allylic oxidation sites excluding steroid dienone is 1. The van der Waals surface area contributed by atoms with Crippen LogP contribution < -0.4 is 4.74 Å². The van der Waals surface area contributed by atoms with Gasteiger partial charge in [0.1, 0.15) is 11.5 Å². The Labute approximate surface area is 141 Å². The summed E-state index contributed by atoms with van der Waals surface area (Å²) in [6.07, 6.45) is 6.14. The lowest BCUT2D eigenvalue weighted by molar-refractivity contribution is -0.105. The van der Waals surface area contributed by atoms with E-state index in [0.29, 0.717) is 5.56 Å². The van der Waals surface area contributed by atoms with E-state index in [0.717, 1.165) is 37.2 Å². The van der Waals surface area contributed by atoms with Gasteiger partial charge < -0.3 is 14.6 Å². The van der Waals surface area contributed by atoms with E-state index in [9.17, 15) is 9.90 Å². The van der Waals surface area contributed by atoms with Crippen molar-refractivity contribution in [3.63, 3.8) is 0 Å². The molecule has 0 saturated carbocycles. The minimum Gasteiger partial charge on any atom is -0.507 e. The van der Waals surface area contributed by atoms with Gasteiger partial charge >= 0.3 is 0 Å². The van der Waals surface area contributed by atoms with Gasteiger partial charge in [-0.05, 0) is 48.7 Å². The highest BCUT2D eigenvalue weighted by Crippen LogP contribution is 2.21. The third kappa shape index (κ3) is 4.24. The lowest BCUT2D eigenvalue weighted by atomic mass is 10.1. The zero-order valence-electron chi connectivity index (χ0n) is 13.4. The molecule has 2 aromatic carbocycles. The number of carbonyl (C=O) groups excluding carboxylic acids is 1. The Morgan fingerprint density at radius 2 is 1.92 bits per heavy atom. The number of para-hydroxylation sites is 1. The monoisotopic (exact) mass is 324 g/mol. The summed E-state index contributed by atoms with van der Waals surface area (Å²) in [5.41, 5.74) is 1.18. The van der Waals surface area contributed by atoms with Crippen LogP contribution in [0.4, 0.5) is 0 Å². The number of aromatic hydroxyl groups is 1. The molecule has 0 spiro atoms. The number of hydrogen-bond donors (Lipinski definition) is 1. The van der Waals surface area contributed by atoms with Crippen LogP contribution in [0.3, 0.4) is 0 Å². The largest absolute Gasteiger partial charge is 0.507 e. The summed E-state index contributed by atoms with van der Waals surface area (Å²) in [5.74, 6) is 0.512. The third-order valence-electron chi connectivity index (χ3n) is 3.88. The smallest absolute Gasteiger partial charge is 0.199 e. The predicted molar refractivity (Wildman–Crippen MR) is 92.1 cm³/mol. The Balaban J connectivity index is 1.61. The first-order valence-corrected chi connectivity index (χ1v) is 8.11. The van der Waals surface area contributed by atoms with Crippen molar-refractivity contribution in [2.45, 2.75) is 25.6 Å². The second kappa shape index (κ2) is 7.79. The number of rotatable bonds is 5. The summed E-state index contributed by atoms with van der Waals surface area (Å²) < 4.78 is 11.3. The number of ether oxygens (including phenoxy) is 2. The molecule has 0 aliphatic carbocycles. The number of hydrogen-bond acceptors (Lipinski definition) is 4. The predicted octanol–water partition coefficient (Wildman–Crippen LogP) is 4.19. The van der Waals surface area contributed by atoms with E-state index >= 15 is 0 Å². The Morgan fingerprint density at radius 1 is 1.12 bits per heavy atom. The second-order valence-electron chi connectivity index (χ2n) is 5.70. The molecule has 0 radical (unpaired) electrons. The van der Waals surface area contributed by atoms with Crippen molar-refractivity contribution in [3.8, 4) is 11.5 Å². The molecular weight excluding hydrogens is 304 g/mol. The molecule has 1 aliphatic heterocycles. The molecule has 4 heteroatoms. The summed E-state index contributed by atoms with van der Waals surface area (Å²) >= 11 is 0. The summed E-state index contributed by atoms with van der Waals surface area (Å²) in [6, 6.07) is 14.0. The highest BCUT2D eigenvalue weighted by atomic mass is 16.7. The number of benzene rings is 2. The van der Waals surface area contributed by atoms with Crippen molar-refractivity contribution in [3.05, 3.63) is 65.7 Å². The fourth-order valence-corrected chi connectivity index (χ4v) is 2.56. The highest BCUT2D eigenvalue weighted by molar-refractivity contribution is 6.08. The zero-order chi connectivity index (χ0) is 16.8. The Morgan fingerprint density at radius 3 is 2.62 bits per heavy atom. The van der Waals surface area contributed by atoms with Gasteiger partial charge in [-0.3, -0.25) is 4.79 Å². The standard InChI is InChI=1S/C20H20O4/c21-18-6-2-1-5-17(18)19(22)13-10-15-8-11-16(12-9-15)24-20-7-3-4-14-23-20/h1-2,5-6,8-13,20-21H,3-4,7,14H2/b13-10+. The molecule has 1 fully saturated rings. The second-order valence-corrected chi connectivity index (χ2v) is 5.70. The zero-order valence-corrected chi connectivity index (χ0v) is 13.4. The van der Waals surface area contributed by atoms with Crippen molar-refractivity contribution in [2.75, 3.05) is 6.61 Å². The van der Waals surface area contributed by atoms with E-state index < -0.39 is 0 Å². The van der Waals surface area contributed by atoms with E-state index in [1.165, 1.54) is 12.1 Å². The fourth-order valence-electron chi connectivity index (χ4n) is 2.56. The quantitative estimate of drug-likeness (QED) is 0.662. The molecule has 2 aromatic rings. The van der Waals surface area contributed by atoms with Crippen LogP contribution in [-0.2, 0) is 4.74 Å². The summed E-state index contributed by atoms with van der Waals surface area (Å²) in [4.78, 5) is 12.1. The van der Waals surface area contributed by atoms with Gasteiger partial charge in [0, 0.05) is 6.42 Å². The van der Waals surface area contributed by atoms with Gasteiger partial charge in [0.2, 0.25) is 0 Å². The molecule has 1 N–H and O–H groups in total. The lowest BCUT2D eigenvalue weighted by Crippen LogP contribution is -2.24. The van der Waals surface area contributed by atoms with Crippen molar-refractivity contribution in [1.29, 1.82) is 0 Å². The van der Waals surface area contributed by atoms with E-state index in [2.05, 4.69) is 0 Å². The van der Waals surface area contributed by atoms with E-state index in [-0.39, 0.29) is 17.8 Å². The number of ketones is 1. The first kappa shape index (κ1) is 16.3. The molecule has 1 atom stereocenters. The van der Waals surface area contributed by atoms with Gasteiger partial charge in [-0.15, -0.1) is 0 Å². The van der Waals surface area contributed by atoms with Crippen LogP contribution in [0.2, 0.25) is 0 Å². The van der Waals surface area contributed by atoms with Crippen molar-refractivity contribution < 1.29 is 19.4 Å². The van der Waals surface area contributed by atoms with E-state index in [1.807, 2.05) is 24.3 Å². The molecule has 0 aromatic heterocycles. The third-order valence-corrected chi connectivity index (χ3v) is 3.88. The summed E-state index contributed by atoms with van der Waals surface area (Å²) in [6.45, 7) is 0.750. The molecule has 1 aliphatic rings. The van der Waals surface area contributed by atoms with Gasteiger partial charge in [0.15, 0.2) is 12.1 Å². The molecule has 0 amide bonds. The molecule has 3 rings (SSSR count). The SMILES string of the molecule is O=C(/C=C/c1ccc(OC2CCCCO2)cc1)c1ccccc1O. The van der Waals surface area contributed by atoms with Crippen LogP contribution in [-0.4, -0.2) is 23.8 Å². The van der Waals surface area contributed by atoms with Crippen LogP contribution in [0.5, 0.6) is 11.5 Å². The van der Waals surface area contributed by atoms with Crippen LogP contribution in [0, 0.1) is 0 Å². The average molecular weight is 324 g/mol. The summed E-state index contributed by atoms with van der Waals surface area (Å²) in [7, 11) is 0. The maximum atomic E-state index is 12.1. The highest BCUT2D eigenvalue weighted by Gasteiger charge is 2.14. The molecule has 1 heterocycles. The van der Waals surface area contributed by atoms with Gasteiger partial charge in [0.05, 0.1) is 12.2 Å². The van der Waals surface area contributed by atoms with Crippen LogP contribution >= 0.6 is 0 Å². The molecular formula is C20H20O4. The Kier molecular flexibility index (Phi) is 5.29. The van der Waals surface area contributed by atoms with Gasteiger partial charge in [0.25, 0.3) is 0 Å². The first-order chi connectivity index (χ1) is 11.7. The first-order valence-electron chi connectivity index (χ1n) is 8.11. The van der Waals surface area contributed by atoms with Gasteiger partial charge in [-0.1, -0.05) is 30.3 Å². The molecule has 1 saturated heterocycles.